The van der Waals surface area contributed by atoms with Crippen molar-refractivity contribution in [3.63, 3.8) is 0 Å². The first-order valence-corrected chi connectivity index (χ1v) is 7.50. The molecule has 0 saturated heterocycles. The lowest BCUT2D eigenvalue weighted by molar-refractivity contribution is 0.0928. The van der Waals surface area contributed by atoms with Crippen molar-refractivity contribution in [3.8, 4) is 11.4 Å². The molecule has 5 nitrogen and oxygen atoms in total. The molecule has 3 aromatic rings. The van der Waals surface area contributed by atoms with Gasteiger partial charge in [-0.2, -0.15) is 4.98 Å². The third-order valence-corrected chi connectivity index (χ3v) is 3.59. The first-order valence-electron chi connectivity index (χ1n) is 7.50. The fourth-order valence-corrected chi connectivity index (χ4v) is 2.21. The van der Waals surface area contributed by atoms with E-state index in [1.54, 1.807) is 13.0 Å². The Bertz CT molecular complexity index is 859. The zero-order chi connectivity index (χ0) is 17.1. The number of nitrogens with zero attached hydrogens (tertiary/aromatic N) is 2. The zero-order valence-corrected chi connectivity index (χ0v) is 13.3. The molecule has 0 fully saturated rings. The first kappa shape index (κ1) is 15.9. The lowest BCUT2D eigenvalue weighted by Crippen LogP contribution is -2.27. The molecule has 2 aromatic carbocycles. The minimum absolute atomic E-state index is 0.0253. The second kappa shape index (κ2) is 6.62. The van der Waals surface area contributed by atoms with Gasteiger partial charge in [-0.25, -0.2) is 4.39 Å². The second-order valence-corrected chi connectivity index (χ2v) is 5.50. The number of aryl methyl sites for hydroxylation is 1. The molecule has 0 radical (unpaired) electrons. The minimum atomic E-state index is -0.576. The van der Waals surface area contributed by atoms with E-state index in [1.165, 1.54) is 18.2 Å². The van der Waals surface area contributed by atoms with Crippen LogP contribution in [0.25, 0.3) is 11.4 Å². The van der Waals surface area contributed by atoms with Crippen LogP contribution in [0, 0.1) is 12.7 Å². The molecule has 1 heterocycles. The maximum Gasteiger partial charge on any atom is 0.254 e. The first-order chi connectivity index (χ1) is 11.5. The van der Waals surface area contributed by atoms with Gasteiger partial charge in [0.15, 0.2) is 0 Å². The van der Waals surface area contributed by atoms with E-state index in [9.17, 15) is 9.18 Å². The van der Waals surface area contributed by atoms with Gasteiger partial charge in [-0.15, -0.1) is 0 Å². The minimum Gasteiger partial charge on any atom is -0.340 e. The van der Waals surface area contributed by atoms with Crippen molar-refractivity contribution in [2.24, 2.45) is 0 Å². The molecule has 1 N–H and O–H groups in total. The van der Waals surface area contributed by atoms with Crippen molar-refractivity contribution in [1.29, 1.82) is 0 Å². The van der Waals surface area contributed by atoms with Crippen LogP contribution in [0.1, 0.15) is 34.8 Å². The molecule has 1 atom stereocenters. The fraction of sp³-hybridized carbons (Fsp3) is 0.167. The molecule has 0 saturated carbocycles. The summed E-state index contributed by atoms with van der Waals surface area (Å²) in [5.41, 5.74) is 1.93. The van der Waals surface area contributed by atoms with Gasteiger partial charge < -0.3 is 9.84 Å². The smallest absolute Gasteiger partial charge is 0.254 e. The van der Waals surface area contributed by atoms with Crippen LogP contribution in [-0.2, 0) is 0 Å². The van der Waals surface area contributed by atoms with E-state index in [0.717, 1.165) is 11.1 Å². The Balaban J connectivity index is 1.74. The van der Waals surface area contributed by atoms with E-state index in [2.05, 4.69) is 15.5 Å². The number of benzene rings is 2. The highest BCUT2D eigenvalue weighted by molar-refractivity contribution is 5.94. The quantitative estimate of drug-likeness (QED) is 0.794. The van der Waals surface area contributed by atoms with Gasteiger partial charge in [-0.1, -0.05) is 47.1 Å². The highest BCUT2D eigenvalue weighted by atomic mass is 19.1. The molecule has 1 amide bonds. The normalized spacial score (nSPS) is 12.0. The Labute approximate surface area is 138 Å². The molecule has 0 bridgehead atoms. The van der Waals surface area contributed by atoms with E-state index in [1.807, 2.05) is 31.2 Å². The Morgan fingerprint density at radius 1 is 1.17 bits per heavy atom. The number of rotatable bonds is 4. The Morgan fingerprint density at radius 3 is 2.58 bits per heavy atom. The van der Waals surface area contributed by atoms with E-state index in [4.69, 9.17) is 4.52 Å². The Morgan fingerprint density at radius 2 is 1.88 bits per heavy atom. The zero-order valence-electron chi connectivity index (χ0n) is 13.3. The summed E-state index contributed by atoms with van der Waals surface area (Å²) in [4.78, 5) is 16.4. The Kier molecular flexibility index (Phi) is 4.37. The van der Waals surface area contributed by atoms with Gasteiger partial charge in [0.2, 0.25) is 11.7 Å². The molecule has 1 aromatic heterocycles. The molecule has 24 heavy (non-hydrogen) atoms. The predicted octanol–water partition coefficient (Wildman–Crippen LogP) is 3.68. The molecule has 122 valence electrons. The van der Waals surface area contributed by atoms with Gasteiger partial charge in [-0.05, 0) is 26.0 Å². The summed E-state index contributed by atoms with van der Waals surface area (Å²) < 4.78 is 18.8. The van der Waals surface area contributed by atoms with Crippen LogP contribution in [-0.4, -0.2) is 16.0 Å². The van der Waals surface area contributed by atoms with E-state index >= 15 is 0 Å². The summed E-state index contributed by atoms with van der Waals surface area (Å²) in [6.45, 7) is 3.69. The van der Waals surface area contributed by atoms with Crippen molar-refractivity contribution in [2.45, 2.75) is 19.9 Å². The summed E-state index contributed by atoms with van der Waals surface area (Å²) >= 11 is 0. The average molecular weight is 325 g/mol. The topological polar surface area (TPSA) is 68.0 Å². The molecule has 0 spiro atoms. The molecule has 0 aliphatic rings. The van der Waals surface area contributed by atoms with Crippen LogP contribution in [0.3, 0.4) is 0 Å². The van der Waals surface area contributed by atoms with Gasteiger partial charge in [0.05, 0.1) is 5.56 Å². The van der Waals surface area contributed by atoms with Crippen LogP contribution >= 0.6 is 0 Å². The van der Waals surface area contributed by atoms with Crippen LogP contribution in [0.2, 0.25) is 0 Å². The number of nitrogens with one attached hydrogen (secondary N) is 1. The number of aromatic nitrogens is 2. The van der Waals surface area contributed by atoms with Crippen LogP contribution in [0.15, 0.2) is 53.1 Å². The number of halogens is 1. The van der Waals surface area contributed by atoms with Crippen molar-refractivity contribution in [1.82, 2.24) is 15.5 Å². The van der Waals surface area contributed by atoms with Crippen molar-refractivity contribution in [2.75, 3.05) is 0 Å². The summed E-state index contributed by atoms with van der Waals surface area (Å²) in [5, 5.41) is 6.58. The Hall–Kier alpha value is -3.02. The van der Waals surface area contributed by atoms with Crippen LogP contribution in [0.5, 0.6) is 0 Å². The standard InChI is InChI=1S/C18H16FN3O2/c1-11-7-9-13(10-8-11)16-21-18(24-22-16)12(2)20-17(23)14-5-3-4-6-15(14)19/h3-10,12H,1-2H3,(H,20,23)/t12-/m1/s1. The lowest BCUT2D eigenvalue weighted by atomic mass is 10.1. The third kappa shape index (κ3) is 3.32. The molecule has 0 aliphatic carbocycles. The number of carbonyl (C=O) groups excluding carboxylic acids is 1. The number of carbonyl (C=O) groups is 1. The lowest BCUT2D eigenvalue weighted by Gasteiger charge is -2.10. The maximum absolute atomic E-state index is 13.6. The molecule has 0 aliphatic heterocycles. The maximum atomic E-state index is 13.6. The van der Waals surface area contributed by atoms with Crippen molar-refractivity contribution < 1.29 is 13.7 Å². The molecule has 3 rings (SSSR count). The summed E-state index contributed by atoms with van der Waals surface area (Å²) in [6.07, 6.45) is 0. The molecule has 0 unspecified atom stereocenters. The monoisotopic (exact) mass is 325 g/mol. The number of hydrogen-bond acceptors (Lipinski definition) is 4. The molecular formula is C18H16FN3O2. The molecule has 6 heteroatoms. The average Bonchev–Trinajstić information content (AvgIpc) is 3.06. The van der Waals surface area contributed by atoms with Crippen molar-refractivity contribution in [3.05, 3.63) is 71.4 Å². The summed E-state index contributed by atoms with van der Waals surface area (Å²) in [7, 11) is 0. The van der Waals surface area contributed by atoms with Gasteiger partial charge in [-0.3, -0.25) is 4.79 Å². The number of amides is 1. The SMILES string of the molecule is Cc1ccc(-c2noc([C@@H](C)NC(=O)c3ccccc3F)n2)cc1. The summed E-state index contributed by atoms with van der Waals surface area (Å²) in [5.74, 6) is -0.406. The van der Waals surface area contributed by atoms with Crippen LogP contribution in [0.4, 0.5) is 4.39 Å². The number of hydrogen-bond donors (Lipinski definition) is 1. The summed E-state index contributed by atoms with van der Waals surface area (Å²) in [6, 6.07) is 12.9. The molecular weight excluding hydrogens is 309 g/mol. The van der Waals surface area contributed by atoms with Crippen molar-refractivity contribution >= 4 is 5.91 Å². The van der Waals surface area contributed by atoms with Gasteiger partial charge in [0.25, 0.3) is 5.91 Å². The van der Waals surface area contributed by atoms with Gasteiger partial charge in [0.1, 0.15) is 11.9 Å². The largest absolute Gasteiger partial charge is 0.340 e. The van der Waals surface area contributed by atoms with E-state index in [-0.39, 0.29) is 11.5 Å². The van der Waals surface area contributed by atoms with E-state index < -0.39 is 17.8 Å². The second-order valence-electron chi connectivity index (χ2n) is 5.50. The van der Waals surface area contributed by atoms with Gasteiger partial charge in [0, 0.05) is 5.56 Å². The highest BCUT2D eigenvalue weighted by Gasteiger charge is 2.19. The third-order valence-electron chi connectivity index (χ3n) is 3.59. The highest BCUT2D eigenvalue weighted by Crippen LogP contribution is 2.19. The van der Waals surface area contributed by atoms with E-state index in [0.29, 0.717) is 5.82 Å². The van der Waals surface area contributed by atoms with Gasteiger partial charge >= 0.3 is 0 Å². The fourth-order valence-electron chi connectivity index (χ4n) is 2.21. The van der Waals surface area contributed by atoms with Crippen LogP contribution < -0.4 is 5.32 Å². The predicted molar refractivity (Wildman–Crippen MR) is 86.8 cm³/mol.